The number of methoxy groups -OCH3 is 1. The monoisotopic (exact) mass is 289 g/mol. The number of ether oxygens (including phenoxy) is 1. The maximum absolute atomic E-state index is 8.14. The van der Waals surface area contributed by atoms with Crippen LogP contribution >= 0.6 is 0 Å². The van der Waals surface area contributed by atoms with Crippen molar-refractivity contribution in [3.63, 3.8) is 0 Å². The number of aryl methyl sites for hydroxylation is 2. The van der Waals surface area contributed by atoms with E-state index in [-0.39, 0.29) is 5.84 Å². The fraction of sp³-hybridized carbons (Fsp3) is 0.357. The van der Waals surface area contributed by atoms with E-state index in [1.165, 1.54) is 12.1 Å². The van der Waals surface area contributed by atoms with Crippen molar-refractivity contribution >= 4 is 5.84 Å². The van der Waals surface area contributed by atoms with Crippen molar-refractivity contribution < 1.29 is 9.26 Å². The smallest absolute Gasteiger partial charge is 0.213 e. The number of nitrogens with one attached hydrogen (secondary N) is 1. The Morgan fingerprint density at radius 2 is 2.24 bits per heavy atom. The molecule has 0 aliphatic heterocycles. The lowest BCUT2D eigenvalue weighted by atomic mass is 10.1. The van der Waals surface area contributed by atoms with E-state index in [0.29, 0.717) is 23.9 Å². The van der Waals surface area contributed by atoms with Crippen molar-refractivity contribution in [1.82, 2.24) is 15.1 Å². The molecule has 0 amide bonds. The van der Waals surface area contributed by atoms with Crippen molar-refractivity contribution in [3.8, 4) is 5.88 Å². The summed E-state index contributed by atoms with van der Waals surface area (Å²) in [5, 5.41) is 13.4. The van der Waals surface area contributed by atoms with Crippen molar-refractivity contribution in [3.05, 3.63) is 40.9 Å². The quantitative estimate of drug-likeness (QED) is 0.375. The van der Waals surface area contributed by atoms with Gasteiger partial charge in [-0.3, -0.25) is 10.4 Å². The van der Waals surface area contributed by atoms with Crippen LogP contribution in [0.4, 0.5) is 0 Å². The van der Waals surface area contributed by atoms with E-state index in [9.17, 15) is 0 Å². The second-order valence-corrected chi connectivity index (χ2v) is 4.56. The number of hydrogen-bond donors (Lipinski definition) is 2. The molecule has 0 saturated carbocycles. The van der Waals surface area contributed by atoms with Gasteiger partial charge in [-0.15, -0.1) is 0 Å². The van der Waals surface area contributed by atoms with Gasteiger partial charge in [0.05, 0.1) is 19.3 Å². The summed E-state index contributed by atoms with van der Waals surface area (Å²) in [5.41, 5.74) is 2.21. The first-order chi connectivity index (χ1) is 10.1. The van der Waals surface area contributed by atoms with Crippen LogP contribution in [0.1, 0.15) is 29.6 Å². The van der Waals surface area contributed by atoms with Gasteiger partial charge in [0.25, 0.3) is 0 Å². The van der Waals surface area contributed by atoms with Crippen LogP contribution in [0.5, 0.6) is 5.88 Å². The van der Waals surface area contributed by atoms with Gasteiger partial charge >= 0.3 is 0 Å². The molecule has 2 aromatic rings. The van der Waals surface area contributed by atoms with E-state index in [2.05, 4.69) is 10.1 Å². The third kappa shape index (κ3) is 3.19. The minimum atomic E-state index is 0.108. The zero-order valence-electron chi connectivity index (χ0n) is 12.4. The number of hydrazine groups is 1. The van der Waals surface area contributed by atoms with E-state index in [1.807, 2.05) is 13.8 Å². The first-order valence-electron chi connectivity index (χ1n) is 6.63. The van der Waals surface area contributed by atoms with Crippen LogP contribution < -0.4 is 10.6 Å². The van der Waals surface area contributed by atoms with Gasteiger partial charge in [-0.25, -0.2) is 10.8 Å². The maximum Gasteiger partial charge on any atom is 0.213 e. The molecule has 0 spiro atoms. The van der Waals surface area contributed by atoms with Crippen LogP contribution in [0, 0.1) is 12.3 Å². The van der Waals surface area contributed by atoms with Gasteiger partial charge in [-0.2, -0.15) is 0 Å². The second kappa shape index (κ2) is 6.36. The summed E-state index contributed by atoms with van der Waals surface area (Å²) >= 11 is 0. The van der Waals surface area contributed by atoms with Gasteiger partial charge in [-0.05, 0) is 19.4 Å². The highest BCUT2D eigenvalue weighted by molar-refractivity contribution is 5.94. The predicted octanol–water partition coefficient (Wildman–Crippen LogP) is 1.65. The molecule has 2 heterocycles. The van der Waals surface area contributed by atoms with Crippen molar-refractivity contribution in [2.24, 2.45) is 5.84 Å². The summed E-state index contributed by atoms with van der Waals surface area (Å²) < 4.78 is 10.2. The zero-order chi connectivity index (χ0) is 15.4. The Labute approximate surface area is 123 Å². The first-order valence-corrected chi connectivity index (χ1v) is 6.63. The maximum atomic E-state index is 8.14. The third-order valence-corrected chi connectivity index (χ3v) is 3.19. The van der Waals surface area contributed by atoms with Crippen LogP contribution in [0.3, 0.4) is 0 Å². The van der Waals surface area contributed by atoms with E-state index in [4.69, 9.17) is 20.5 Å². The Morgan fingerprint density at radius 1 is 1.48 bits per heavy atom. The Hall–Kier alpha value is -2.41. The van der Waals surface area contributed by atoms with E-state index in [0.717, 1.165) is 17.7 Å². The molecule has 112 valence electrons. The number of pyridine rings is 1. The van der Waals surface area contributed by atoms with Crippen LogP contribution in [0.2, 0.25) is 0 Å². The highest BCUT2D eigenvalue weighted by atomic mass is 16.5. The Kier molecular flexibility index (Phi) is 4.54. The van der Waals surface area contributed by atoms with Crippen LogP contribution in [-0.4, -0.2) is 28.1 Å². The highest BCUT2D eigenvalue weighted by Crippen LogP contribution is 2.16. The van der Waals surface area contributed by atoms with Crippen molar-refractivity contribution in [2.45, 2.75) is 26.8 Å². The molecule has 2 aromatic heterocycles. The molecule has 0 aromatic carbocycles. The molecule has 3 N–H and O–H groups in total. The minimum Gasteiger partial charge on any atom is -0.481 e. The van der Waals surface area contributed by atoms with E-state index < -0.39 is 0 Å². The van der Waals surface area contributed by atoms with Gasteiger partial charge < -0.3 is 9.26 Å². The van der Waals surface area contributed by atoms with Gasteiger partial charge in [0.2, 0.25) is 5.88 Å². The SMILES string of the molecule is CCc1noc(C)c1CN(N)C(=N)c1cccc(OC)n1. The molecular formula is C14H19N5O2. The molecule has 7 nitrogen and oxygen atoms in total. The van der Waals surface area contributed by atoms with Gasteiger partial charge in [0, 0.05) is 11.6 Å². The summed E-state index contributed by atoms with van der Waals surface area (Å²) in [7, 11) is 1.53. The van der Waals surface area contributed by atoms with Crippen LogP contribution in [-0.2, 0) is 13.0 Å². The van der Waals surface area contributed by atoms with E-state index in [1.54, 1.807) is 18.2 Å². The van der Waals surface area contributed by atoms with Crippen LogP contribution in [0.15, 0.2) is 22.7 Å². The molecule has 0 unspecified atom stereocenters. The number of nitrogens with two attached hydrogens (primary N) is 1. The summed E-state index contributed by atoms with van der Waals surface area (Å²) in [6.45, 7) is 4.18. The molecule has 0 aliphatic carbocycles. The minimum absolute atomic E-state index is 0.108. The number of hydrogen-bond acceptors (Lipinski definition) is 6. The molecule has 0 aliphatic rings. The fourth-order valence-electron chi connectivity index (χ4n) is 1.97. The number of nitrogens with zero attached hydrogens (tertiary/aromatic N) is 3. The lowest BCUT2D eigenvalue weighted by Crippen LogP contribution is -2.37. The summed E-state index contributed by atoms with van der Waals surface area (Å²) in [6.07, 6.45) is 0.755. The largest absolute Gasteiger partial charge is 0.481 e. The molecule has 0 fully saturated rings. The van der Waals surface area contributed by atoms with Crippen molar-refractivity contribution in [2.75, 3.05) is 7.11 Å². The average Bonchev–Trinajstić information content (AvgIpc) is 2.86. The second-order valence-electron chi connectivity index (χ2n) is 4.56. The molecule has 0 saturated heterocycles. The Morgan fingerprint density at radius 3 is 2.90 bits per heavy atom. The molecule has 2 rings (SSSR count). The van der Waals surface area contributed by atoms with Crippen LogP contribution in [0.25, 0.3) is 0 Å². The standard InChI is InChI=1S/C14H19N5O2/c1-4-11-10(9(2)21-18-11)8-19(16)14(15)12-6-5-7-13(17-12)20-3/h5-7,15H,4,8,16H2,1-3H3. The first kappa shape index (κ1) is 15.0. The molecular weight excluding hydrogens is 270 g/mol. The van der Waals surface area contributed by atoms with Gasteiger partial charge in [0.15, 0.2) is 5.84 Å². The number of aromatic nitrogens is 2. The molecule has 7 heteroatoms. The van der Waals surface area contributed by atoms with Gasteiger partial charge in [-0.1, -0.05) is 18.1 Å². The fourth-order valence-corrected chi connectivity index (χ4v) is 1.97. The summed E-state index contributed by atoms with van der Waals surface area (Å²) in [6, 6.07) is 5.20. The Balaban J connectivity index is 2.17. The average molecular weight is 289 g/mol. The lowest BCUT2D eigenvalue weighted by molar-refractivity contribution is 0.384. The normalized spacial score (nSPS) is 10.5. The molecule has 21 heavy (non-hydrogen) atoms. The predicted molar refractivity (Wildman–Crippen MR) is 78.0 cm³/mol. The molecule has 0 bridgehead atoms. The highest BCUT2D eigenvalue weighted by Gasteiger charge is 2.17. The number of rotatable bonds is 5. The molecule has 0 atom stereocenters. The molecule has 0 radical (unpaired) electrons. The van der Waals surface area contributed by atoms with E-state index >= 15 is 0 Å². The topological polar surface area (TPSA) is 101 Å². The third-order valence-electron chi connectivity index (χ3n) is 3.19. The Bertz CT molecular complexity index is 638. The zero-order valence-corrected chi connectivity index (χ0v) is 12.4. The van der Waals surface area contributed by atoms with Gasteiger partial charge in [0.1, 0.15) is 11.5 Å². The summed E-state index contributed by atoms with van der Waals surface area (Å²) in [4.78, 5) is 4.20. The summed E-state index contributed by atoms with van der Waals surface area (Å²) in [5.74, 6) is 7.25. The van der Waals surface area contributed by atoms with Crippen molar-refractivity contribution in [1.29, 1.82) is 5.41 Å². The lowest BCUT2D eigenvalue weighted by Gasteiger charge is -2.19. The number of amidine groups is 1.